The first kappa shape index (κ1) is 17.0. The van der Waals surface area contributed by atoms with E-state index < -0.39 is 0 Å². The minimum Gasteiger partial charge on any atom is -0.396 e. The first-order valence-corrected chi connectivity index (χ1v) is 8.14. The number of amides is 1. The molecular formula is C16H24ClN3O2. The van der Waals surface area contributed by atoms with Crippen LogP contribution in [0.25, 0.3) is 0 Å². The predicted molar refractivity (Wildman–Crippen MR) is 88.5 cm³/mol. The van der Waals surface area contributed by atoms with Gasteiger partial charge in [-0.15, -0.1) is 0 Å². The molecule has 5 nitrogen and oxygen atoms in total. The maximum atomic E-state index is 12.0. The molecule has 0 aliphatic carbocycles. The summed E-state index contributed by atoms with van der Waals surface area (Å²) in [6, 6.07) is 3.63. The minimum absolute atomic E-state index is 0.133. The summed E-state index contributed by atoms with van der Waals surface area (Å²) in [5.41, 5.74) is 0.438. The molecule has 0 spiro atoms. The monoisotopic (exact) mass is 325 g/mol. The van der Waals surface area contributed by atoms with Crippen molar-refractivity contribution in [1.82, 2.24) is 9.88 Å². The van der Waals surface area contributed by atoms with Gasteiger partial charge in [0.15, 0.2) is 0 Å². The van der Waals surface area contributed by atoms with Crippen molar-refractivity contribution < 1.29 is 9.90 Å². The van der Waals surface area contributed by atoms with Crippen molar-refractivity contribution in [3.05, 3.63) is 22.8 Å². The Morgan fingerprint density at radius 2 is 2.09 bits per heavy atom. The Hall–Kier alpha value is -1.33. The van der Waals surface area contributed by atoms with Gasteiger partial charge in [0.05, 0.1) is 5.56 Å². The number of aliphatic hydroxyl groups excluding tert-OH is 1. The van der Waals surface area contributed by atoms with Crippen molar-refractivity contribution >= 4 is 23.3 Å². The zero-order chi connectivity index (χ0) is 16.1. The van der Waals surface area contributed by atoms with Crippen LogP contribution in [0.4, 0.5) is 5.82 Å². The van der Waals surface area contributed by atoms with Crippen LogP contribution in [0, 0.1) is 5.92 Å². The lowest BCUT2D eigenvalue weighted by atomic mass is 9.92. The molecular weight excluding hydrogens is 302 g/mol. The quantitative estimate of drug-likeness (QED) is 0.845. The maximum Gasteiger partial charge on any atom is 0.256 e. The normalized spacial score (nSPS) is 15.9. The van der Waals surface area contributed by atoms with Crippen molar-refractivity contribution in [2.24, 2.45) is 5.92 Å². The number of pyridine rings is 1. The van der Waals surface area contributed by atoms with Gasteiger partial charge in [-0.3, -0.25) is 4.79 Å². The molecule has 0 radical (unpaired) electrons. The molecule has 0 atom stereocenters. The minimum atomic E-state index is -0.133. The summed E-state index contributed by atoms with van der Waals surface area (Å²) < 4.78 is 0. The third kappa shape index (κ3) is 4.11. The number of rotatable bonds is 5. The van der Waals surface area contributed by atoms with Crippen LogP contribution in [0.5, 0.6) is 0 Å². The standard InChI is InChI=1S/C16H24ClN3O2/c1-19(2)16(22)13-5-6-14(18-15(13)17)20-9-7-12(8-10-20)4-3-11-21/h5-6,12,21H,3-4,7-11H2,1-2H3. The number of carbonyl (C=O) groups is 1. The number of carbonyl (C=O) groups excluding carboxylic acids is 1. The Balaban J connectivity index is 2.00. The highest BCUT2D eigenvalue weighted by Gasteiger charge is 2.21. The van der Waals surface area contributed by atoms with Crippen LogP contribution < -0.4 is 4.90 Å². The van der Waals surface area contributed by atoms with Crippen LogP contribution >= 0.6 is 11.6 Å². The zero-order valence-corrected chi connectivity index (χ0v) is 14.0. The fourth-order valence-corrected chi connectivity index (χ4v) is 3.06. The van der Waals surface area contributed by atoms with E-state index in [0.29, 0.717) is 11.5 Å². The van der Waals surface area contributed by atoms with Crippen molar-refractivity contribution in [3.63, 3.8) is 0 Å². The summed E-state index contributed by atoms with van der Waals surface area (Å²) in [7, 11) is 3.40. The molecule has 2 rings (SSSR count). The van der Waals surface area contributed by atoms with Crippen LogP contribution in [-0.4, -0.2) is 54.7 Å². The molecule has 1 aromatic rings. The second-order valence-electron chi connectivity index (χ2n) is 6.00. The van der Waals surface area contributed by atoms with Crippen LogP contribution in [0.2, 0.25) is 5.15 Å². The van der Waals surface area contributed by atoms with Crippen molar-refractivity contribution in [3.8, 4) is 0 Å². The average molecular weight is 326 g/mol. The van der Waals surface area contributed by atoms with Gasteiger partial charge < -0.3 is 14.9 Å². The van der Waals surface area contributed by atoms with E-state index in [4.69, 9.17) is 16.7 Å². The van der Waals surface area contributed by atoms with Crippen molar-refractivity contribution in [1.29, 1.82) is 0 Å². The number of anilines is 1. The van der Waals surface area contributed by atoms with E-state index >= 15 is 0 Å². The Labute approximate surface area is 136 Å². The van der Waals surface area contributed by atoms with Gasteiger partial charge in [-0.05, 0) is 43.7 Å². The number of aliphatic hydroxyl groups is 1. The first-order chi connectivity index (χ1) is 10.5. The summed E-state index contributed by atoms with van der Waals surface area (Å²) in [5.74, 6) is 1.39. The molecule has 1 aliphatic rings. The number of piperidine rings is 1. The lowest BCUT2D eigenvalue weighted by molar-refractivity contribution is 0.0827. The number of hydrogen-bond acceptors (Lipinski definition) is 4. The van der Waals surface area contributed by atoms with E-state index in [2.05, 4.69) is 9.88 Å². The molecule has 122 valence electrons. The van der Waals surface area contributed by atoms with Gasteiger partial charge in [0.25, 0.3) is 5.91 Å². The highest BCUT2D eigenvalue weighted by atomic mass is 35.5. The summed E-state index contributed by atoms with van der Waals surface area (Å²) in [6.45, 7) is 2.17. The predicted octanol–water partition coefficient (Wildman–Crippen LogP) is 2.43. The summed E-state index contributed by atoms with van der Waals surface area (Å²) in [5, 5.41) is 9.16. The molecule has 1 fully saturated rings. The smallest absolute Gasteiger partial charge is 0.256 e. The molecule has 1 amide bonds. The summed E-state index contributed by atoms with van der Waals surface area (Å²) in [6.07, 6.45) is 4.19. The first-order valence-electron chi connectivity index (χ1n) is 7.77. The lowest BCUT2D eigenvalue weighted by Crippen LogP contribution is -2.34. The van der Waals surface area contributed by atoms with E-state index in [-0.39, 0.29) is 17.7 Å². The molecule has 1 aliphatic heterocycles. The number of halogens is 1. The Morgan fingerprint density at radius 3 is 2.64 bits per heavy atom. The molecule has 6 heteroatoms. The van der Waals surface area contributed by atoms with Crippen LogP contribution in [-0.2, 0) is 0 Å². The molecule has 1 saturated heterocycles. The molecule has 0 bridgehead atoms. The fourth-order valence-electron chi connectivity index (χ4n) is 2.83. The van der Waals surface area contributed by atoms with Crippen LogP contribution in [0.3, 0.4) is 0 Å². The van der Waals surface area contributed by atoms with Crippen molar-refractivity contribution in [2.75, 3.05) is 38.7 Å². The van der Waals surface area contributed by atoms with Gasteiger partial charge in [-0.2, -0.15) is 0 Å². The van der Waals surface area contributed by atoms with Gasteiger partial charge in [-0.25, -0.2) is 4.98 Å². The molecule has 2 heterocycles. The summed E-state index contributed by atoms with van der Waals surface area (Å²) >= 11 is 6.17. The Morgan fingerprint density at radius 1 is 1.41 bits per heavy atom. The van der Waals surface area contributed by atoms with Gasteiger partial charge in [0.1, 0.15) is 11.0 Å². The van der Waals surface area contributed by atoms with E-state index in [1.807, 2.05) is 6.07 Å². The third-order valence-corrected chi connectivity index (χ3v) is 4.47. The molecule has 22 heavy (non-hydrogen) atoms. The van der Waals surface area contributed by atoms with E-state index in [9.17, 15) is 4.79 Å². The topological polar surface area (TPSA) is 56.7 Å². The fraction of sp³-hybridized carbons (Fsp3) is 0.625. The molecule has 0 aromatic carbocycles. The van der Waals surface area contributed by atoms with E-state index in [1.54, 1.807) is 20.2 Å². The highest BCUT2D eigenvalue weighted by molar-refractivity contribution is 6.32. The van der Waals surface area contributed by atoms with Gasteiger partial charge in [0.2, 0.25) is 0 Å². The number of nitrogens with zero attached hydrogens (tertiary/aromatic N) is 3. The molecule has 1 aromatic heterocycles. The number of hydrogen-bond donors (Lipinski definition) is 1. The largest absolute Gasteiger partial charge is 0.396 e. The SMILES string of the molecule is CN(C)C(=O)c1ccc(N2CCC(CCCO)CC2)nc1Cl. The second kappa shape index (κ2) is 7.79. The average Bonchev–Trinajstić information content (AvgIpc) is 2.52. The third-order valence-electron chi connectivity index (χ3n) is 4.18. The summed E-state index contributed by atoms with van der Waals surface area (Å²) in [4.78, 5) is 20.1. The molecule has 0 unspecified atom stereocenters. The van der Waals surface area contributed by atoms with Crippen molar-refractivity contribution in [2.45, 2.75) is 25.7 Å². The van der Waals surface area contributed by atoms with Crippen LogP contribution in [0.1, 0.15) is 36.0 Å². The molecule has 1 N–H and O–H groups in total. The van der Waals surface area contributed by atoms with E-state index in [1.165, 1.54) is 4.90 Å². The van der Waals surface area contributed by atoms with Gasteiger partial charge in [-0.1, -0.05) is 11.6 Å². The Kier molecular flexibility index (Phi) is 6.03. The van der Waals surface area contributed by atoms with Crippen LogP contribution in [0.15, 0.2) is 12.1 Å². The lowest BCUT2D eigenvalue weighted by Gasteiger charge is -2.33. The maximum absolute atomic E-state index is 12.0. The second-order valence-corrected chi connectivity index (χ2v) is 6.36. The highest BCUT2D eigenvalue weighted by Crippen LogP contribution is 2.27. The number of aromatic nitrogens is 1. The van der Waals surface area contributed by atoms with Gasteiger partial charge >= 0.3 is 0 Å². The molecule has 0 saturated carbocycles. The van der Waals surface area contributed by atoms with E-state index in [0.717, 1.165) is 44.6 Å². The zero-order valence-electron chi connectivity index (χ0n) is 13.3. The van der Waals surface area contributed by atoms with Gasteiger partial charge in [0, 0.05) is 33.8 Å². The Bertz CT molecular complexity index is 514.